The summed E-state index contributed by atoms with van der Waals surface area (Å²) in [5.74, 6) is 0.552. The summed E-state index contributed by atoms with van der Waals surface area (Å²) in [7, 11) is 3.78. The fourth-order valence-electron chi connectivity index (χ4n) is 5.80. The van der Waals surface area contributed by atoms with Crippen molar-refractivity contribution in [3.05, 3.63) is 104 Å². The topological polar surface area (TPSA) is 131 Å². The van der Waals surface area contributed by atoms with E-state index >= 15 is 0 Å². The molecule has 13 nitrogen and oxygen atoms in total. The van der Waals surface area contributed by atoms with Gasteiger partial charge in [-0.25, -0.2) is 24.1 Å². The minimum Gasteiger partial charge on any atom is -0.435 e. The van der Waals surface area contributed by atoms with Crippen LogP contribution in [0.15, 0.2) is 104 Å². The number of ether oxygens (including phenoxy) is 5. The molecule has 0 bridgehead atoms. The maximum Gasteiger partial charge on any atom is 0.424 e. The lowest BCUT2D eigenvalue weighted by atomic mass is 10.1. The van der Waals surface area contributed by atoms with Crippen LogP contribution in [0.25, 0.3) is 22.5 Å². The Labute approximate surface area is 327 Å². The molecule has 0 unspecified atom stereocenters. The Balaban J connectivity index is 0.000000182. The van der Waals surface area contributed by atoms with E-state index < -0.39 is 19.3 Å². The maximum atomic E-state index is 12.6. The van der Waals surface area contributed by atoms with Crippen LogP contribution in [0.3, 0.4) is 0 Å². The van der Waals surface area contributed by atoms with Gasteiger partial charge in [-0.2, -0.15) is 17.6 Å². The van der Waals surface area contributed by atoms with Gasteiger partial charge in [-0.15, -0.1) is 0 Å². The summed E-state index contributed by atoms with van der Waals surface area (Å²) in [6.07, 6.45) is 9.28. The molecule has 0 saturated carbocycles. The average Bonchev–Trinajstić information content (AvgIpc) is 3.94. The van der Waals surface area contributed by atoms with Crippen molar-refractivity contribution in [3.63, 3.8) is 0 Å². The lowest BCUT2D eigenvalue weighted by Gasteiger charge is -2.30. The van der Waals surface area contributed by atoms with Gasteiger partial charge in [0.2, 0.25) is 0 Å². The largest absolute Gasteiger partial charge is 0.435 e. The van der Waals surface area contributed by atoms with Gasteiger partial charge in [0.25, 0.3) is 0 Å². The first-order valence-corrected chi connectivity index (χ1v) is 18.1. The van der Waals surface area contributed by atoms with Crippen molar-refractivity contribution >= 4 is 12.1 Å². The molecule has 7 rings (SSSR count). The number of para-hydroxylation sites is 1. The molecule has 0 radical (unpaired) electrons. The molecule has 0 atom stereocenters. The van der Waals surface area contributed by atoms with Gasteiger partial charge in [0.15, 0.2) is 0 Å². The number of nitrogens with zero attached hydrogens (tertiary/aromatic N) is 5. The zero-order valence-corrected chi connectivity index (χ0v) is 31.4. The van der Waals surface area contributed by atoms with Gasteiger partial charge in [0, 0.05) is 69.1 Å². The summed E-state index contributed by atoms with van der Waals surface area (Å²) < 4.78 is 75.5. The molecule has 2 aliphatic rings. The summed E-state index contributed by atoms with van der Waals surface area (Å²) in [5, 5.41) is 3.22. The molecule has 3 aromatic carbocycles. The van der Waals surface area contributed by atoms with E-state index in [9.17, 15) is 27.2 Å². The normalized spacial score (nSPS) is 14.5. The predicted octanol–water partition coefficient (Wildman–Crippen LogP) is 7.81. The first-order valence-electron chi connectivity index (χ1n) is 18.1. The number of imidazole rings is 2. The van der Waals surface area contributed by atoms with E-state index in [4.69, 9.17) is 14.2 Å². The van der Waals surface area contributed by atoms with Gasteiger partial charge in [0.1, 0.15) is 29.9 Å². The van der Waals surface area contributed by atoms with Crippen molar-refractivity contribution < 1.29 is 50.8 Å². The van der Waals surface area contributed by atoms with Crippen molar-refractivity contribution in [2.75, 3.05) is 40.5 Å². The Morgan fingerprint density at radius 1 is 0.702 bits per heavy atom. The van der Waals surface area contributed by atoms with Crippen molar-refractivity contribution in [2.45, 2.75) is 51.0 Å². The van der Waals surface area contributed by atoms with Gasteiger partial charge in [-0.1, -0.05) is 18.2 Å². The summed E-state index contributed by atoms with van der Waals surface area (Å²) in [6.45, 7) is -2.54. The number of carbonyl (C=O) groups is 2. The van der Waals surface area contributed by atoms with Crippen molar-refractivity contribution in [1.82, 2.24) is 29.3 Å². The highest BCUT2D eigenvalue weighted by Gasteiger charge is 2.24. The van der Waals surface area contributed by atoms with Crippen LogP contribution in [0, 0.1) is 0 Å². The molecule has 304 valence electrons. The molecular weight excluding hydrogens is 752 g/mol. The van der Waals surface area contributed by atoms with Crippen LogP contribution >= 0.6 is 0 Å². The van der Waals surface area contributed by atoms with Crippen LogP contribution in [-0.2, 0) is 9.47 Å². The number of rotatable bonds is 9. The lowest BCUT2D eigenvalue weighted by Crippen LogP contribution is -2.42. The number of hydrogen-bond donors (Lipinski definition) is 1. The standard InChI is InChI=1S/C17H19F2N3O3.C17H12F2N2O3.C6H13NO/c1-21(13-6-8-24-9-7-13)17(23)22-10-15(20-11-22)12-2-4-14(5-3-12)25-16(18)19;18-16(19)23-14-8-6-12(7-9-14)15-10-21(11-20-15)17(22)24-13-4-2-1-3-5-13;1-7-6-2-4-8-5-3-6/h2-5,10-11,13,16H,6-9H2,1H3;1-11,16H;6-7H,2-5H2,1H3. The van der Waals surface area contributed by atoms with Crippen molar-refractivity contribution in [1.29, 1.82) is 0 Å². The van der Waals surface area contributed by atoms with Crippen LogP contribution in [0.1, 0.15) is 25.7 Å². The minimum absolute atomic E-state index is 0.0525. The third kappa shape index (κ3) is 13.2. The Bertz CT molecular complexity index is 1950. The highest BCUT2D eigenvalue weighted by Crippen LogP contribution is 2.24. The van der Waals surface area contributed by atoms with Crippen LogP contribution in [0.2, 0.25) is 0 Å². The molecule has 17 heteroatoms. The molecule has 2 aromatic heterocycles. The number of hydrogen-bond acceptors (Lipinski definition) is 10. The molecule has 5 aromatic rings. The van der Waals surface area contributed by atoms with Gasteiger partial charge < -0.3 is 33.9 Å². The van der Waals surface area contributed by atoms with Crippen LogP contribution < -0.4 is 19.5 Å². The van der Waals surface area contributed by atoms with E-state index in [1.54, 1.807) is 66.7 Å². The smallest absolute Gasteiger partial charge is 0.424 e. The molecule has 4 heterocycles. The molecule has 2 saturated heterocycles. The average molecular weight is 797 g/mol. The number of halogens is 4. The third-order valence-corrected chi connectivity index (χ3v) is 8.97. The van der Waals surface area contributed by atoms with E-state index in [1.165, 1.54) is 65.1 Å². The van der Waals surface area contributed by atoms with E-state index in [2.05, 4.69) is 24.8 Å². The number of alkyl halides is 4. The van der Waals surface area contributed by atoms with E-state index in [0.717, 1.165) is 26.1 Å². The summed E-state index contributed by atoms with van der Waals surface area (Å²) in [4.78, 5) is 34.6. The van der Waals surface area contributed by atoms with Gasteiger partial charge >= 0.3 is 25.3 Å². The summed E-state index contributed by atoms with van der Waals surface area (Å²) >= 11 is 0. The molecule has 2 aliphatic heterocycles. The first-order chi connectivity index (χ1) is 27.6. The molecule has 1 amide bonds. The molecule has 57 heavy (non-hydrogen) atoms. The molecule has 0 spiro atoms. The molecule has 0 aliphatic carbocycles. The number of aromatic nitrogens is 4. The van der Waals surface area contributed by atoms with Gasteiger partial charge in [-0.05, 0) is 93.4 Å². The Hall–Kier alpha value is -5.78. The number of carbonyl (C=O) groups excluding carboxylic acids is 2. The number of amides is 1. The predicted molar refractivity (Wildman–Crippen MR) is 202 cm³/mol. The first kappa shape index (κ1) is 42.4. The molecular formula is C40H44F4N6O7. The SMILES string of the molecule is CN(C(=O)n1cnc(-c2ccc(OC(F)F)cc2)c1)C1CCOCC1.CNC1CCOCC1.O=C(Oc1ccccc1)n1cnc(-c2ccc(OC(F)F)cc2)c1. The minimum atomic E-state index is -2.87. The fraction of sp³-hybridized carbons (Fsp3) is 0.350. The second-order valence-corrected chi connectivity index (χ2v) is 12.7. The van der Waals surface area contributed by atoms with Crippen LogP contribution in [0.5, 0.6) is 17.2 Å². The van der Waals surface area contributed by atoms with E-state index in [1.807, 2.05) is 13.1 Å². The van der Waals surface area contributed by atoms with Crippen molar-refractivity contribution in [2.24, 2.45) is 0 Å². The number of nitrogens with one attached hydrogen (secondary N) is 1. The summed E-state index contributed by atoms with van der Waals surface area (Å²) in [5.41, 5.74) is 2.45. The van der Waals surface area contributed by atoms with Gasteiger partial charge in [0.05, 0.1) is 11.4 Å². The van der Waals surface area contributed by atoms with Crippen LogP contribution in [0.4, 0.5) is 27.2 Å². The second-order valence-electron chi connectivity index (χ2n) is 12.7. The van der Waals surface area contributed by atoms with Crippen molar-refractivity contribution in [3.8, 4) is 39.8 Å². The monoisotopic (exact) mass is 796 g/mol. The third-order valence-electron chi connectivity index (χ3n) is 8.97. The fourth-order valence-corrected chi connectivity index (χ4v) is 5.80. The van der Waals surface area contributed by atoms with Crippen LogP contribution in [-0.4, -0.2) is 102 Å². The van der Waals surface area contributed by atoms with E-state index in [-0.39, 0.29) is 23.6 Å². The zero-order chi connectivity index (χ0) is 40.6. The quantitative estimate of drug-likeness (QED) is 0.147. The zero-order valence-electron chi connectivity index (χ0n) is 31.4. The highest BCUT2D eigenvalue weighted by molar-refractivity contribution is 5.78. The molecule has 2 fully saturated rings. The lowest BCUT2D eigenvalue weighted by molar-refractivity contribution is -0.0505. The van der Waals surface area contributed by atoms with Gasteiger partial charge in [-0.3, -0.25) is 4.57 Å². The number of benzene rings is 3. The Morgan fingerprint density at radius 3 is 1.65 bits per heavy atom. The summed E-state index contributed by atoms with van der Waals surface area (Å²) in [6, 6.07) is 21.4. The Morgan fingerprint density at radius 2 is 1.18 bits per heavy atom. The second kappa shape index (κ2) is 21.5. The Kier molecular flexibility index (Phi) is 16.0. The highest BCUT2D eigenvalue weighted by atomic mass is 19.3. The van der Waals surface area contributed by atoms with E-state index in [0.29, 0.717) is 47.5 Å². The maximum absolute atomic E-state index is 12.6. The molecule has 1 N–H and O–H groups in total.